The van der Waals surface area contributed by atoms with Crippen molar-refractivity contribution in [2.75, 3.05) is 25.6 Å². The van der Waals surface area contributed by atoms with Gasteiger partial charge in [0.25, 0.3) is 11.7 Å². The predicted molar refractivity (Wildman–Crippen MR) is 229 cm³/mol. The van der Waals surface area contributed by atoms with E-state index < -0.39 is 88.8 Å². The lowest BCUT2D eigenvalue weighted by molar-refractivity contribution is -0.160. The first-order chi connectivity index (χ1) is 29.3. The number of ether oxygens (including phenoxy) is 5. The number of para-hydroxylation sites is 1. The van der Waals surface area contributed by atoms with Gasteiger partial charge in [-0.1, -0.05) is 69.3 Å². The van der Waals surface area contributed by atoms with Crippen LogP contribution in [0.2, 0.25) is 0 Å². The van der Waals surface area contributed by atoms with Gasteiger partial charge < -0.3 is 59.4 Å². The first-order valence-corrected chi connectivity index (χ1v) is 20.3. The van der Waals surface area contributed by atoms with Crippen LogP contribution in [0.5, 0.6) is 28.7 Å². The number of nitrogens with one attached hydrogen (secondary N) is 1. The number of Topliss-reactive ketones (excluding diaryl/α,β-unsaturated/α-hetero) is 1. The van der Waals surface area contributed by atoms with E-state index in [0.717, 1.165) is 6.21 Å². The fourth-order valence-corrected chi connectivity index (χ4v) is 7.73. The van der Waals surface area contributed by atoms with Crippen molar-refractivity contribution in [3.8, 4) is 28.7 Å². The Balaban J connectivity index is 1.64. The third-order valence-corrected chi connectivity index (χ3v) is 11.5. The van der Waals surface area contributed by atoms with Crippen molar-refractivity contribution in [1.29, 1.82) is 0 Å². The van der Waals surface area contributed by atoms with Crippen molar-refractivity contribution in [2.45, 2.75) is 85.6 Å². The van der Waals surface area contributed by atoms with Crippen molar-refractivity contribution in [2.24, 2.45) is 28.8 Å². The van der Waals surface area contributed by atoms with Gasteiger partial charge >= 0.3 is 11.8 Å². The first-order valence-electron chi connectivity index (χ1n) is 20.3. The lowest BCUT2D eigenvalue weighted by Gasteiger charge is -2.38. The molecule has 3 aliphatic heterocycles. The highest BCUT2D eigenvalue weighted by Crippen LogP contribution is 2.55. The number of allylic oxidation sites excluding steroid dienone is 2. The minimum atomic E-state index is -2.08. The van der Waals surface area contributed by atoms with E-state index in [1.807, 2.05) is 18.2 Å². The van der Waals surface area contributed by atoms with Gasteiger partial charge in [-0.3, -0.25) is 14.4 Å². The monoisotopic (exact) mass is 860 g/mol. The summed E-state index contributed by atoms with van der Waals surface area (Å²) in [5.74, 6) is -8.24. The zero-order valence-electron chi connectivity index (χ0n) is 36.2. The zero-order chi connectivity index (χ0) is 45.6. The number of aliphatic hydroxyl groups excluding tert-OH is 2. The molecular formula is C46H56N2O14. The molecule has 16 heteroatoms. The third kappa shape index (κ3) is 9.67. The van der Waals surface area contributed by atoms with Gasteiger partial charge in [-0.05, 0) is 32.1 Å². The van der Waals surface area contributed by atoms with Gasteiger partial charge in [0.15, 0.2) is 12.4 Å². The topological polar surface area (TPSA) is 232 Å². The molecule has 1 amide bonds. The second-order valence-electron chi connectivity index (χ2n) is 15.8. The van der Waals surface area contributed by atoms with Gasteiger partial charge in [0, 0.05) is 61.2 Å². The number of carbonyl (C=O) groups excluding carboxylic acids is 3. The molecule has 6 rings (SSSR count). The van der Waals surface area contributed by atoms with Crippen LogP contribution in [0.4, 0.5) is 5.69 Å². The molecule has 5 bridgehead atoms. The highest BCUT2D eigenvalue weighted by atomic mass is 16.7. The van der Waals surface area contributed by atoms with E-state index in [1.54, 1.807) is 52.0 Å². The van der Waals surface area contributed by atoms with Crippen LogP contribution in [-0.4, -0.2) is 99.9 Å². The summed E-state index contributed by atoms with van der Waals surface area (Å²) in [6, 6.07) is 8.99. The second-order valence-corrected chi connectivity index (χ2v) is 15.8. The molecule has 16 nitrogen and oxygen atoms in total. The number of anilines is 1. The van der Waals surface area contributed by atoms with E-state index in [1.165, 1.54) is 53.2 Å². The van der Waals surface area contributed by atoms with Crippen LogP contribution in [-0.2, 0) is 28.6 Å². The van der Waals surface area contributed by atoms with Crippen LogP contribution in [0, 0.1) is 30.6 Å². The number of esters is 1. The molecule has 0 radical (unpaired) electrons. The van der Waals surface area contributed by atoms with Gasteiger partial charge in [-0.15, -0.1) is 0 Å². The largest absolute Gasteiger partial charge is 0.507 e. The number of hydrogen-bond acceptors (Lipinski definition) is 15. The standard InChI is InChI=1S/C46H56N2O14/c1-23-14-13-15-24(2)45(56)48-36-31(22-47-60-21-20-58-30-16-11-10-12-17-30)40(53)33-34(41(36)54)39(52)28(6)43-35(33)44(55)46(8,62-43)59-19-18-32(57-9)25(3)42(61-29(7)49)27(5)38(51)26(4)37(23)50/h10-19,22-23,25-27,32,37-38,42,50-54H,20-21H2,1-9H3,(H,48,56)/b14-13+,19-18+,24-15+,47-22+. The number of phenols is 3. The number of phenolic OH excluding ortho intramolecular Hbond substituents is 3. The van der Waals surface area contributed by atoms with Gasteiger partial charge in [0.1, 0.15) is 35.7 Å². The predicted octanol–water partition coefficient (Wildman–Crippen LogP) is 6.18. The third-order valence-electron chi connectivity index (χ3n) is 11.5. The molecule has 6 N–H and O–H groups in total. The molecule has 9 atom stereocenters. The van der Waals surface area contributed by atoms with E-state index in [2.05, 4.69) is 10.5 Å². The number of methoxy groups -OCH3 is 1. The first kappa shape index (κ1) is 47.0. The summed E-state index contributed by atoms with van der Waals surface area (Å²) in [7, 11) is 1.42. The molecule has 334 valence electrons. The molecule has 0 saturated carbocycles. The summed E-state index contributed by atoms with van der Waals surface area (Å²) in [5, 5.41) is 64.1. The minimum Gasteiger partial charge on any atom is -0.507 e. The van der Waals surface area contributed by atoms with Gasteiger partial charge in [-0.2, -0.15) is 0 Å². The summed E-state index contributed by atoms with van der Waals surface area (Å²) in [4.78, 5) is 45.9. The van der Waals surface area contributed by atoms with Crippen LogP contribution in [0.25, 0.3) is 10.8 Å². The van der Waals surface area contributed by atoms with Crippen LogP contribution in [0.3, 0.4) is 0 Å². The SMILES string of the molecule is COC1/C=C/OC2(C)Oc3c(C)c(O)c4c(O)c(c(/C=N/OCCOc5ccccc5)c(O)c4c3C2=O)NC(=O)/C(C)=C/C=C/C(C)C(O)C(C)C(O)C(C)C(OC(C)=O)C1C. The molecule has 0 aliphatic carbocycles. The van der Waals surface area contributed by atoms with Crippen molar-refractivity contribution < 1.29 is 68.4 Å². The van der Waals surface area contributed by atoms with Crippen molar-refractivity contribution in [3.05, 3.63) is 83.2 Å². The molecule has 3 heterocycles. The van der Waals surface area contributed by atoms with Gasteiger partial charge in [0.2, 0.25) is 0 Å². The lowest BCUT2D eigenvalue weighted by atomic mass is 9.78. The molecule has 0 saturated heterocycles. The number of oxime groups is 1. The Hall–Kier alpha value is -6.10. The molecule has 62 heavy (non-hydrogen) atoms. The molecule has 3 aromatic rings. The van der Waals surface area contributed by atoms with Crippen LogP contribution >= 0.6 is 0 Å². The molecule has 3 aliphatic rings. The fourth-order valence-electron chi connectivity index (χ4n) is 7.73. The van der Waals surface area contributed by atoms with Crippen LogP contribution in [0.15, 0.2) is 71.6 Å². The number of amides is 1. The number of fused-ring (bicyclic) bond motifs is 14. The normalized spacial score (nSPS) is 29.0. The van der Waals surface area contributed by atoms with Crippen molar-refractivity contribution in [3.63, 3.8) is 0 Å². The maximum Gasteiger partial charge on any atom is 0.312 e. The van der Waals surface area contributed by atoms with E-state index in [4.69, 9.17) is 28.5 Å². The number of aromatic hydroxyl groups is 3. The number of nitrogens with zero attached hydrogens (tertiary/aromatic N) is 1. The van der Waals surface area contributed by atoms with E-state index in [-0.39, 0.29) is 57.7 Å². The molecule has 0 fully saturated rings. The van der Waals surface area contributed by atoms with Crippen molar-refractivity contribution >= 4 is 40.3 Å². The highest BCUT2D eigenvalue weighted by Gasteiger charge is 2.50. The molecular weight excluding hydrogens is 805 g/mol. The quantitative estimate of drug-likeness (QED) is 0.0371. The van der Waals surface area contributed by atoms with Crippen LogP contribution in [0.1, 0.15) is 70.0 Å². The Bertz CT molecular complexity index is 2270. The summed E-state index contributed by atoms with van der Waals surface area (Å²) >= 11 is 0. The van der Waals surface area contributed by atoms with Gasteiger partial charge in [-0.25, -0.2) is 0 Å². The Morgan fingerprint density at radius 2 is 1.61 bits per heavy atom. The van der Waals surface area contributed by atoms with Crippen molar-refractivity contribution in [1.82, 2.24) is 0 Å². The average Bonchev–Trinajstić information content (AvgIpc) is 3.51. The smallest absolute Gasteiger partial charge is 0.312 e. The summed E-state index contributed by atoms with van der Waals surface area (Å²) in [6.45, 7) is 12.4. The molecule has 0 spiro atoms. The van der Waals surface area contributed by atoms with Gasteiger partial charge in [0.05, 0.1) is 53.0 Å². The molecule has 9 unspecified atom stereocenters. The number of ketones is 1. The number of carbonyl (C=O) groups is 3. The van der Waals surface area contributed by atoms with E-state index in [9.17, 15) is 39.9 Å². The second kappa shape index (κ2) is 19.7. The molecule has 0 aromatic heterocycles. The van der Waals surface area contributed by atoms with E-state index in [0.29, 0.717) is 5.75 Å². The number of hydrogen-bond donors (Lipinski definition) is 6. The summed E-state index contributed by atoms with van der Waals surface area (Å²) in [5.41, 5.74) is -0.742. The lowest BCUT2D eigenvalue weighted by Crippen LogP contribution is -2.46. The number of rotatable bonds is 8. The number of aliphatic hydroxyl groups is 2. The maximum atomic E-state index is 14.4. The Morgan fingerprint density at radius 1 is 0.919 bits per heavy atom. The minimum absolute atomic E-state index is 0.0183. The van der Waals surface area contributed by atoms with Crippen LogP contribution < -0.4 is 14.8 Å². The zero-order valence-corrected chi connectivity index (χ0v) is 36.2. The Kier molecular flexibility index (Phi) is 14.9. The number of benzene rings is 3. The highest BCUT2D eigenvalue weighted by molar-refractivity contribution is 6.23. The maximum absolute atomic E-state index is 14.4. The summed E-state index contributed by atoms with van der Waals surface area (Å²) in [6.07, 6.45) is 4.39. The fraction of sp³-hybridized carbons (Fsp3) is 0.435. The molecule has 3 aromatic carbocycles. The Labute approximate surface area is 360 Å². The van der Waals surface area contributed by atoms with E-state index >= 15 is 0 Å². The summed E-state index contributed by atoms with van der Waals surface area (Å²) < 4.78 is 29.2. The Morgan fingerprint density at radius 3 is 2.27 bits per heavy atom. The average molecular weight is 861 g/mol.